The molecule has 2 heterocycles. The number of aromatic nitrogens is 1. The summed E-state index contributed by atoms with van der Waals surface area (Å²) >= 11 is 1.25. The predicted molar refractivity (Wildman–Crippen MR) is 91.7 cm³/mol. The molecule has 132 valence electrons. The molecule has 0 amide bonds. The van der Waals surface area contributed by atoms with Crippen molar-refractivity contribution < 1.29 is 18.3 Å². The molecule has 0 saturated carbocycles. The summed E-state index contributed by atoms with van der Waals surface area (Å²) in [6.45, 7) is 4.13. The quantitative estimate of drug-likeness (QED) is 0.819. The van der Waals surface area contributed by atoms with Crippen molar-refractivity contribution in [3.63, 3.8) is 0 Å². The van der Waals surface area contributed by atoms with Crippen molar-refractivity contribution in [2.75, 3.05) is 6.54 Å². The number of hydrogen-bond donors (Lipinski definition) is 2. The SMILES string of the molecule is CC(C)N1CC(O)=C(c2nc(-c3ccc(C(F)(F)F)cc3)cs2)C1=N. The van der Waals surface area contributed by atoms with Gasteiger partial charge in [-0.3, -0.25) is 5.41 Å². The number of alkyl halides is 3. The molecule has 1 aliphatic rings. The average molecular weight is 367 g/mol. The second kappa shape index (κ2) is 6.18. The van der Waals surface area contributed by atoms with Gasteiger partial charge in [0.15, 0.2) is 0 Å². The minimum absolute atomic E-state index is 0.0708. The molecule has 3 rings (SSSR count). The lowest BCUT2D eigenvalue weighted by Crippen LogP contribution is -2.33. The Labute approximate surface area is 146 Å². The fraction of sp³-hybridized carbons (Fsp3) is 0.294. The molecular formula is C17H16F3N3OS. The number of aliphatic hydroxyl groups is 1. The van der Waals surface area contributed by atoms with E-state index >= 15 is 0 Å². The number of hydrogen-bond acceptors (Lipinski definition) is 4. The van der Waals surface area contributed by atoms with Crippen molar-refractivity contribution in [2.45, 2.75) is 26.1 Å². The first-order valence-corrected chi connectivity index (χ1v) is 8.47. The van der Waals surface area contributed by atoms with E-state index in [9.17, 15) is 18.3 Å². The van der Waals surface area contributed by atoms with E-state index in [2.05, 4.69) is 4.98 Å². The maximum absolute atomic E-state index is 12.6. The first-order valence-electron chi connectivity index (χ1n) is 7.59. The molecule has 0 radical (unpaired) electrons. The Morgan fingerprint density at radius 1 is 1.24 bits per heavy atom. The van der Waals surface area contributed by atoms with Crippen LogP contribution in [0, 0.1) is 5.41 Å². The van der Waals surface area contributed by atoms with Gasteiger partial charge in [-0.1, -0.05) is 12.1 Å². The first-order chi connectivity index (χ1) is 11.7. The zero-order chi connectivity index (χ0) is 18.4. The summed E-state index contributed by atoms with van der Waals surface area (Å²) in [4.78, 5) is 6.15. The van der Waals surface area contributed by atoms with Crippen LogP contribution in [-0.2, 0) is 6.18 Å². The van der Waals surface area contributed by atoms with Crippen LogP contribution < -0.4 is 0 Å². The van der Waals surface area contributed by atoms with Crippen LogP contribution in [0.1, 0.15) is 24.4 Å². The number of aliphatic hydroxyl groups excluding tert-OH is 1. The minimum Gasteiger partial charge on any atom is -0.510 e. The van der Waals surface area contributed by atoms with Gasteiger partial charge < -0.3 is 10.0 Å². The van der Waals surface area contributed by atoms with Crippen molar-refractivity contribution >= 4 is 22.7 Å². The fourth-order valence-corrected chi connectivity index (χ4v) is 3.51. The van der Waals surface area contributed by atoms with Gasteiger partial charge in [-0.25, -0.2) is 4.98 Å². The van der Waals surface area contributed by atoms with Crippen molar-refractivity contribution in [1.82, 2.24) is 9.88 Å². The van der Waals surface area contributed by atoms with Crippen LogP contribution in [0.4, 0.5) is 13.2 Å². The molecule has 2 aromatic rings. The molecule has 25 heavy (non-hydrogen) atoms. The number of nitrogens with zero attached hydrogens (tertiary/aromatic N) is 2. The Bertz CT molecular complexity index is 838. The molecule has 0 unspecified atom stereocenters. The lowest BCUT2D eigenvalue weighted by Gasteiger charge is -2.22. The fourth-order valence-electron chi connectivity index (χ4n) is 2.62. The lowest BCUT2D eigenvalue weighted by molar-refractivity contribution is -0.137. The molecule has 4 nitrogen and oxygen atoms in total. The molecule has 1 aromatic carbocycles. The van der Waals surface area contributed by atoms with E-state index in [0.29, 0.717) is 21.8 Å². The van der Waals surface area contributed by atoms with Crippen LogP contribution >= 0.6 is 11.3 Å². The van der Waals surface area contributed by atoms with Gasteiger partial charge in [0, 0.05) is 17.0 Å². The Morgan fingerprint density at radius 2 is 1.88 bits per heavy atom. The lowest BCUT2D eigenvalue weighted by atomic mass is 10.1. The smallest absolute Gasteiger partial charge is 0.416 e. The third kappa shape index (κ3) is 3.26. The highest BCUT2D eigenvalue weighted by Crippen LogP contribution is 2.34. The van der Waals surface area contributed by atoms with Crippen molar-refractivity contribution in [3.8, 4) is 11.3 Å². The molecule has 0 saturated heterocycles. The van der Waals surface area contributed by atoms with Gasteiger partial charge >= 0.3 is 6.18 Å². The largest absolute Gasteiger partial charge is 0.510 e. The van der Waals surface area contributed by atoms with Crippen LogP contribution in [-0.4, -0.2) is 33.4 Å². The molecular weight excluding hydrogens is 351 g/mol. The Hall–Kier alpha value is -2.35. The maximum atomic E-state index is 12.6. The summed E-state index contributed by atoms with van der Waals surface area (Å²) in [6.07, 6.45) is -4.37. The summed E-state index contributed by atoms with van der Waals surface area (Å²) < 4.78 is 37.9. The molecule has 2 N–H and O–H groups in total. The van der Waals surface area contributed by atoms with Crippen molar-refractivity contribution in [1.29, 1.82) is 5.41 Å². The summed E-state index contributed by atoms with van der Waals surface area (Å²) in [5.41, 5.74) is 0.750. The minimum atomic E-state index is -4.37. The molecule has 1 aromatic heterocycles. The van der Waals surface area contributed by atoms with E-state index in [4.69, 9.17) is 5.41 Å². The van der Waals surface area contributed by atoms with E-state index in [1.807, 2.05) is 13.8 Å². The number of amidine groups is 1. The topological polar surface area (TPSA) is 60.2 Å². The zero-order valence-electron chi connectivity index (χ0n) is 13.6. The van der Waals surface area contributed by atoms with Gasteiger partial charge in [0.05, 0.1) is 23.4 Å². The normalized spacial score (nSPS) is 15.6. The number of rotatable bonds is 3. The molecule has 8 heteroatoms. The van der Waals surface area contributed by atoms with Crippen LogP contribution in [0.2, 0.25) is 0 Å². The highest BCUT2D eigenvalue weighted by molar-refractivity contribution is 7.11. The molecule has 0 fully saturated rings. The van der Waals surface area contributed by atoms with E-state index in [-0.39, 0.29) is 24.2 Å². The Balaban J connectivity index is 1.88. The van der Waals surface area contributed by atoms with Gasteiger partial charge in [0.2, 0.25) is 0 Å². The number of nitrogens with one attached hydrogen (secondary N) is 1. The highest BCUT2D eigenvalue weighted by atomic mass is 32.1. The Morgan fingerprint density at radius 3 is 2.40 bits per heavy atom. The van der Waals surface area contributed by atoms with Gasteiger partial charge in [-0.15, -0.1) is 11.3 Å². The molecule has 1 aliphatic heterocycles. The zero-order valence-corrected chi connectivity index (χ0v) is 14.4. The van der Waals surface area contributed by atoms with Crippen LogP contribution in [0.3, 0.4) is 0 Å². The molecule has 0 aliphatic carbocycles. The van der Waals surface area contributed by atoms with E-state index in [1.165, 1.54) is 23.5 Å². The Kier molecular flexibility index (Phi) is 4.32. The molecule has 0 atom stereocenters. The van der Waals surface area contributed by atoms with Crippen LogP contribution in [0.15, 0.2) is 35.4 Å². The van der Waals surface area contributed by atoms with Crippen molar-refractivity contribution in [3.05, 3.63) is 46.0 Å². The van der Waals surface area contributed by atoms with Crippen molar-refractivity contribution in [2.24, 2.45) is 0 Å². The third-order valence-corrected chi connectivity index (χ3v) is 4.84. The van der Waals surface area contributed by atoms with E-state index in [0.717, 1.165) is 12.1 Å². The first kappa shape index (κ1) is 17.5. The third-order valence-electron chi connectivity index (χ3n) is 3.98. The average Bonchev–Trinajstić information content (AvgIpc) is 3.11. The summed E-state index contributed by atoms with van der Waals surface area (Å²) in [6, 6.07) is 4.85. The second-order valence-electron chi connectivity index (χ2n) is 6.00. The van der Waals surface area contributed by atoms with Gasteiger partial charge in [-0.05, 0) is 26.0 Å². The van der Waals surface area contributed by atoms with E-state index in [1.54, 1.807) is 10.3 Å². The second-order valence-corrected chi connectivity index (χ2v) is 6.86. The summed E-state index contributed by atoms with van der Waals surface area (Å²) in [5, 5.41) is 20.6. The van der Waals surface area contributed by atoms with Gasteiger partial charge in [0.25, 0.3) is 0 Å². The number of benzene rings is 1. The summed E-state index contributed by atoms with van der Waals surface area (Å²) in [5.74, 6) is 0.299. The maximum Gasteiger partial charge on any atom is 0.416 e. The van der Waals surface area contributed by atoms with Gasteiger partial charge in [0.1, 0.15) is 16.6 Å². The number of thiazole rings is 1. The molecule has 0 spiro atoms. The summed E-state index contributed by atoms with van der Waals surface area (Å²) in [7, 11) is 0. The van der Waals surface area contributed by atoms with Gasteiger partial charge in [-0.2, -0.15) is 13.2 Å². The standard InChI is InChI=1S/C17H16F3N3OS/c1-9(2)23-7-13(24)14(15(23)21)16-22-12(8-25-16)10-3-5-11(6-4-10)17(18,19)20/h3-6,8-9,21,24H,7H2,1-2H3. The van der Waals surface area contributed by atoms with E-state index < -0.39 is 11.7 Å². The van der Waals surface area contributed by atoms with Crippen LogP contribution in [0.25, 0.3) is 16.8 Å². The monoisotopic (exact) mass is 367 g/mol. The predicted octanol–water partition coefficient (Wildman–Crippen LogP) is 4.80. The number of halogens is 3. The van der Waals surface area contributed by atoms with Crippen LogP contribution in [0.5, 0.6) is 0 Å². The molecule has 0 bridgehead atoms. The highest BCUT2D eigenvalue weighted by Gasteiger charge is 2.32.